The van der Waals surface area contributed by atoms with Crippen LogP contribution in [0.1, 0.15) is 49.5 Å². The lowest BCUT2D eigenvalue weighted by molar-refractivity contribution is 0.0937. The highest BCUT2D eigenvalue weighted by Gasteiger charge is 2.21. The van der Waals surface area contributed by atoms with Crippen LogP contribution in [0, 0.1) is 11.8 Å². The highest BCUT2D eigenvalue weighted by molar-refractivity contribution is 5.96. The van der Waals surface area contributed by atoms with Gasteiger partial charge in [-0.1, -0.05) is 26.2 Å². The number of hydrogen-bond donors (Lipinski definition) is 3. The minimum atomic E-state index is -0.150. The molecule has 0 unspecified atom stereocenters. The van der Waals surface area contributed by atoms with E-state index in [2.05, 4.69) is 22.4 Å². The smallest absolute Gasteiger partial charge is 0.271 e. The monoisotopic (exact) mass is 250 g/mol. The van der Waals surface area contributed by atoms with Crippen molar-refractivity contribution < 1.29 is 4.79 Å². The molecule has 0 atom stereocenters. The van der Waals surface area contributed by atoms with Crippen molar-refractivity contribution in [1.29, 1.82) is 0 Å². The molecule has 5 heteroatoms. The number of carbonyl (C=O) groups is 1. The number of amides is 1. The molecule has 2 rings (SSSR count). The molecule has 0 spiro atoms. The van der Waals surface area contributed by atoms with Crippen LogP contribution < -0.4 is 11.1 Å². The minimum Gasteiger partial charge on any atom is -0.396 e. The molecular formula is C13H22N4O. The second-order valence-electron chi connectivity index (χ2n) is 5.21. The molecule has 1 aliphatic rings. The van der Waals surface area contributed by atoms with E-state index < -0.39 is 0 Å². The van der Waals surface area contributed by atoms with Crippen molar-refractivity contribution in [3.63, 3.8) is 0 Å². The zero-order valence-corrected chi connectivity index (χ0v) is 10.9. The fourth-order valence-corrected chi connectivity index (χ4v) is 2.65. The summed E-state index contributed by atoms with van der Waals surface area (Å²) in [4.78, 5) is 11.8. The number of nitrogens with two attached hydrogens (primary N) is 1. The van der Waals surface area contributed by atoms with Crippen LogP contribution in [0.5, 0.6) is 0 Å². The van der Waals surface area contributed by atoms with Crippen LogP contribution in [0.4, 0.5) is 5.69 Å². The summed E-state index contributed by atoms with van der Waals surface area (Å²) in [6.07, 6.45) is 7.77. The van der Waals surface area contributed by atoms with Crippen LogP contribution in [0.2, 0.25) is 0 Å². The van der Waals surface area contributed by atoms with Gasteiger partial charge in [0.05, 0.1) is 11.9 Å². The number of carbonyl (C=O) groups excluding carboxylic acids is 1. The highest BCUT2D eigenvalue weighted by Crippen LogP contribution is 2.30. The molecular weight excluding hydrogens is 228 g/mol. The number of H-pyrrole nitrogens is 1. The molecule has 4 N–H and O–H groups in total. The average molecular weight is 250 g/mol. The van der Waals surface area contributed by atoms with E-state index in [1.165, 1.54) is 38.3 Å². The number of hydrogen-bond acceptors (Lipinski definition) is 3. The fourth-order valence-electron chi connectivity index (χ4n) is 2.65. The zero-order valence-electron chi connectivity index (χ0n) is 10.9. The highest BCUT2D eigenvalue weighted by atomic mass is 16.1. The molecule has 0 aliphatic heterocycles. The van der Waals surface area contributed by atoms with Gasteiger partial charge in [0.2, 0.25) is 0 Å². The van der Waals surface area contributed by atoms with Gasteiger partial charge in [0.25, 0.3) is 5.91 Å². The van der Waals surface area contributed by atoms with Crippen molar-refractivity contribution in [3.8, 4) is 0 Å². The van der Waals surface area contributed by atoms with Crippen LogP contribution in [-0.4, -0.2) is 22.6 Å². The summed E-state index contributed by atoms with van der Waals surface area (Å²) in [5.41, 5.74) is 6.41. The van der Waals surface area contributed by atoms with Gasteiger partial charge in [0, 0.05) is 6.54 Å². The Balaban J connectivity index is 1.76. The number of nitrogen functional groups attached to an aromatic ring is 1. The van der Waals surface area contributed by atoms with Crippen molar-refractivity contribution in [3.05, 3.63) is 11.9 Å². The van der Waals surface area contributed by atoms with Gasteiger partial charge in [-0.15, -0.1) is 0 Å². The van der Waals surface area contributed by atoms with E-state index in [1.54, 1.807) is 0 Å². The average Bonchev–Trinajstić information content (AvgIpc) is 2.83. The molecule has 0 aromatic carbocycles. The summed E-state index contributed by atoms with van der Waals surface area (Å²) in [6.45, 7) is 3.00. The molecule has 1 aliphatic carbocycles. The fraction of sp³-hybridized carbons (Fsp3) is 0.692. The van der Waals surface area contributed by atoms with E-state index in [-0.39, 0.29) is 5.91 Å². The molecule has 1 fully saturated rings. The van der Waals surface area contributed by atoms with Crippen LogP contribution in [0.25, 0.3) is 0 Å². The van der Waals surface area contributed by atoms with Gasteiger partial charge < -0.3 is 11.1 Å². The van der Waals surface area contributed by atoms with E-state index in [1.807, 2.05) is 0 Å². The number of nitrogens with zero attached hydrogens (tertiary/aromatic N) is 1. The number of aromatic nitrogens is 2. The number of aromatic amines is 1. The molecule has 100 valence electrons. The van der Waals surface area contributed by atoms with Crippen molar-refractivity contribution >= 4 is 11.6 Å². The normalized spacial score (nSPS) is 23.8. The number of rotatable bonds is 4. The molecule has 1 aromatic heterocycles. The molecule has 5 nitrogen and oxygen atoms in total. The van der Waals surface area contributed by atoms with E-state index in [9.17, 15) is 4.79 Å². The lowest BCUT2D eigenvalue weighted by Gasteiger charge is -2.27. The summed E-state index contributed by atoms with van der Waals surface area (Å²) in [5, 5.41) is 9.31. The van der Waals surface area contributed by atoms with Crippen molar-refractivity contribution in [2.75, 3.05) is 12.3 Å². The quantitative estimate of drug-likeness (QED) is 0.763. The van der Waals surface area contributed by atoms with Gasteiger partial charge in [-0.2, -0.15) is 5.10 Å². The Morgan fingerprint density at radius 3 is 2.67 bits per heavy atom. The third kappa shape index (κ3) is 3.03. The molecule has 1 aromatic rings. The maximum atomic E-state index is 11.8. The molecule has 0 bridgehead atoms. The van der Waals surface area contributed by atoms with E-state index in [0.29, 0.717) is 17.3 Å². The Morgan fingerprint density at radius 2 is 2.11 bits per heavy atom. The predicted molar refractivity (Wildman–Crippen MR) is 71.1 cm³/mol. The van der Waals surface area contributed by atoms with Gasteiger partial charge in [0.1, 0.15) is 5.69 Å². The second kappa shape index (κ2) is 5.89. The van der Waals surface area contributed by atoms with Crippen molar-refractivity contribution in [2.24, 2.45) is 11.8 Å². The first-order valence-corrected chi connectivity index (χ1v) is 6.77. The summed E-state index contributed by atoms with van der Waals surface area (Å²) in [6, 6.07) is 0. The maximum Gasteiger partial charge on any atom is 0.271 e. The first kappa shape index (κ1) is 12.9. The molecule has 1 amide bonds. The summed E-state index contributed by atoms with van der Waals surface area (Å²) in [7, 11) is 0. The van der Waals surface area contributed by atoms with E-state index in [4.69, 9.17) is 5.73 Å². The first-order valence-electron chi connectivity index (χ1n) is 6.77. The first-order chi connectivity index (χ1) is 8.70. The Labute approximate surface area is 108 Å². The molecule has 18 heavy (non-hydrogen) atoms. The lowest BCUT2D eigenvalue weighted by atomic mass is 9.81. The SMILES string of the molecule is CCC1CCC(CNC(=O)c2[nH]ncc2N)CC1. The number of nitrogens with one attached hydrogen (secondary N) is 2. The maximum absolute atomic E-state index is 11.8. The Hall–Kier alpha value is -1.52. The Morgan fingerprint density at radius 1 is 1.44 bits per heavy atom. The molecule has 1 heterocycles. The summed E-state index contributed by atoms with van der Waals surface area (Å²) >= 11 is 0. The Bertz CT molecular complexity index is 393. The van der Waals surface area contributed by atoms with Gasteiger partial charge in [-0.3, -0.25) is 9.89 Å². The predicted octanol–water partition coefficient (Wildman–Crippen LogP) is 1.94. The third-order valence-electron chi connectivity index (χ3n) is 3.99. The van der Waals surface area contributed by atoms with Gasteiger partial charge in [0.15, 0.2) is 0 Å². The molecule has 0 radical (unpaired) electrons. The van der Waals surface area contributed by atoms with Crippen LogP contribution in [0.3, 0.4) is 0 Å². The van der Waals surface area contributed by atoms with Crippen molar-refractivity contribution in [2.45, 2.75) is 39.0 Å². The van der Waals surface area contributed by atoms with Crippen LogP contribution >= 0.6 is 0 Å². The third-order valence-corrected chi connectivity index (χ3v) is 3.99. The second-order valence-corrected chi connectivity index (χ2v) is 5.21. The minimum absolute atomic E-state index is 0.150. The summed E-state index contributed by atoms with van der Waals surface area (Å²) in [5.74, 6) is 1.35. The van der Waals surface area contributed by atoms with E-state index in [0.717, 1.165) is 12.5 Å². The Kier molecular flexibility index (Phi) is 4.23. The largest absolute Gasteiger partial charge is 0.396 e. The standard InChI is InChI=1S/C13H22N4O/c1-2-9-3-5-10(6-4-9)7-15-13(18)12-11(14)8-16-17-12/h8-10H,2-7,14H2,1H3,(H,15,18)(H,16,17). The lowest BCUT2D eigenvalue weighted by Crippen LogP contribution is -2.31. The molecule has 0 saturated heterocycles. The van der Waals surface area contributed by atoms with E-state index >= 15 is 0 Å². The van der Waals surface area contributed by atoms with Gasteiger partial charge in [-0.05, 0) is 24.7 Å². The molecule has 1 saturated carbocycles. The van der Waals surface area contributed by atoms with Crippen LogP contribution in [-0.2, 0) is 0 Å². The van der Waals surface area contributed by atoms with Crippen molar-refractivity contribution in [1.82, 2.24) is 15.5 Å². The zero-order chi connectivity index (χ0) is 13.0. The van der Waals surface area contributed by atoms with Gasteiger partial charge >= 0.3 is 0 Å². The number of anilines is 1. The summed E-state index contributed by atoms with van der Waals surface area (Å²) < 4.78 is 0. The van der Waals surface area contributed by atoms with Gasteiger partial charge in [-0.25, -0.2) is 0 Å². The van der Waals surface area contributed by atoms with Crippen LogP contribution in [0.15, 0.2) is 6.20 Å². The topological polar surface area (TPSA) is 83.8 Å².